The zero-order valence-electron chi connectivity index (χ0n) is 17.5. The monoisotopic (exact) mass is 441 g/mol. The van der Waals surface area contributed by atoms with E-state index in [0.29, 0.717) is 22.9 Å². The molecule has 2 amide bonds. The summed E-state index contributed by atoms with van der Waals surface area (Å²) in [5.74, 6) is -0.485. The summed E-state index contributed by atoms with van der Waals surface area (Å²) in [7, 11) is 1.43. The summed E-state index contributed by atoms with van der Waals surface area (Å²) < 4.78 is 10.4. The molecular formula is C23H23NO6S. The smallest absolute Gasteiger partial charge is 0.341 e. The molecule has 8 heteroatoms. The molecule has 2 aromatic rings. The van der Waals surface area contributed by atoms with Gasteiger partial charge in [0.15, 0.2) is 18.1 Å². The van der Waals surface area contributed by atoms with Gasteiger partial charge in [-0.15, -0.1) is 0 Å². The SMILES string of the molecule is CCC(C)c1ccc(N2C(=O)S/C(=C/c3ccc(OCC(=O)O)c(OC)c3)C2=O)cc1. The van der Waals surface area contributed by atoms with Gasteiger partial charge in [0.2, 0.25) is 0 Å². The lowest BCUT2D eigenvalue weighted by Gasteiger charge is -2.15. The average Bonchev–Trinajstić information content (AvgIpc) is 3.04. The largest absolute Gasteiger partial charge is 0.493 e. The lowest BCUT2D eigenvalue weighted by atomic mass is 9.98. The van der Waals surface area contributed by atoms with Crippen LogP contribution in [-0.2, 0) is 9.59 Å². The Morgan fingerprint density at radius 2 is 1.87 bits per heavy atom. The van der Waals surface area contributed by atoms with Crippen molar-refractivity contribution >= 4 is 40.6 Å². The van der Waals surface area contributed by atoms with Crippen LogP contribution in [0.3, 0.4) is 0 Å². The van der Waals surface area contributed by atoms with E-state index in [1.54, 1.807) is 36.4 Å². The molecule has 2 aromatic carbocycles. The van der Waals surface area contributed by atoms with Gasteiger partial charge in [0.1, 0.15) is 0 Å². The summed E-state index contributed by atoms with van der Waals surface area (Å²) >= 11 is 0.867. The number of benzene rings is 2. The van der Waals surface area contributed by atoms with Crippen LogP contribution in [0.1, 0.15) is 37.3 Å². The minimum Gasteiger partial charge on any atom is -0.493 e. The number of imide groups is 1. The number of nitrogens with zero attached hydrogens (tertiary/aromatic N) is 1. The van der Waals surface area contributed by atoms with E-state index in [9.17, 15) is 14.4 Å². The van der Waals surface area contributed by atoms with E-state index in [-0.39, 0.29) is 15.9 Å². The predicted octanol–water partition coefficient (Wildman–Crippen LogP) is 4.91. The van der Waals surface area contributed by atoms with Crippen LogP contribution in [0.5, 0.6) is 11.5 Å². The molecule has 1 N–H and O–H groups in total. The molecule has 0 aliphatic carbocycles. The molecule has 1 heterocycles. The first-order valence-electron chi connectivity index (χ1n) is 9.74. The van der Waals surface area contributed by atoms with Crippen LogP contribution in [0.4, 0.5) is 10.5 Å². The van der Waals surface area contributed by atoms with Crippen molar-refractivity contribution in [2.75, 3.05) is 18.6 Å². The van der Waals surface area contributed by atoms with Gasteiger partial charge in [-0.25, -0.2) is 9.69 Å². The van der Waals surface area contributed by atoms with Gasteiger partial charge < -0.3 is 14.6 Å². The highest BCUT2D eigenvalue weighted by molar-refractivity contribution is 8.19. The summed E-state index contributed by atoms with van der Waals surface area (Å²) in [5, 5.41) is 8.40. The highest BCUT2D eigenvalue weighted by Gasteiger charge is 2.36. The van der Waals surface area contributed by atoms with Crippen LogP contribution >= 0.6 is 11.8 Å². The molecule has 7 nitrogen and oxygen atoms in total. The maximum atomic E-state index is 12.9. The standard InChI is InChI=1S/C23H23NO6S/c1-4-14(2)16-6-8-17(9-7-16)24-22(27)20(31-23(24)28)12-15-5-10-18(19(11-15)29-3)30-13-21(25)26/h5-12,14H,4,13H2,1-3H3,(H,25,26)/b20-12+. The first-order chi connectivity index (χ1) is 14.8. The van der Waals surface area contributed by atoms with Crippen LogP contribution in [0, 0.1) is 0 Å². The quantitative estimate of drug-likeness (QED) is 0.582. The van der Waals surface area contributed by atoms with E-state index in [1.165, 1.54) is 12.0 Å². The van der Waals surface area contributed by atoms with Crippen LogP contribution in [0.2, 0.25) is 0 Å². The maximum absolute atomic E-state index is 12.9. The minimum atomic E-state index is -1.10. The second-order valence-corrected chi connectivity index (χ2v) is 8.00. The van der Waals surface area contributed by atoms with Gasteiger partial charge in [-0.1, -0.05) is 32.0 Å². The summed E-state index contributed by atoms with van der Waals surface area (Å²) in [5.41, 5.74) is 2.32. The molecule has 1 unspecified atom stereocenters. The topological polar surface area (TPSA) is 93.1 Å². The number of carbonyl (C=O) groups is 3. The van der Waals surface area contributed by atoms with Crippen molar-refractivity contribution in [2.45, 2.75) is 26.2 Å². The predicted molar refractivity (Wildman–Crippen MR) is 120 cm³/mol. The summed E-state index contributed by atoms with van der Waals surface area (Å²) in [6, 6.07) is 12.3. The van der Waals surface area contributed by atoms with Gasteiger partial charge in [0.05, 0.1) is 17.7 Å². The maximum Gasteiger partial charge on any atom is 0.341 e. The number of hydrogen-bond acceptors (Lipinski definition) is 6. The van der Waals surface area contributed by atoms with Crippen molar-refractivity contribution in [2.24, 2.45) is 0 Å². The number of carboxylic acid groups (broad SMARTS) is 1. The number of ether oxygens (including phenoxy) is 2. The van der Waals surface area contributed by atoms with Crippen LogP contribution < -0.4 is 14.4 Å². The zero-order valence-corrected chi connectivity index (χ0v) is 18.3. The fourth-order valence-electron chi connectivity index (χ4n) is 3.06. The normalized spacial score (nSPS) is 16.0. The number of thioether (sulfide) groups is 1. The molecule has 1 aliphatic rings. The highest BCUT2D eigenvalue weighted by atomic mass is 32.2. The molecule has 0 spiro atoms. The zero-order chi connectivity index (χ0) is 22.5. The Balaban J connectivity index is 1.82. The van der Waals surface area contributed by atoms with Crippen LogP contribution in [0.15, 0.2) is 47.4 Å². The molecule has 0 bridgehead atoms. The minimum absolute atomic E-state index is 0.275. The molecule has 3 rings (SSSR count). The van der Waals surface area contributed by atoms with Crippen LogP contribution in [0.25, 0.3) is 6.08 Å². The Morgan fingerprint density at radius 1 is 1.16 bits per heavy atom. The summed E-state index contributed by atoms with van der Waals surface area (Å²) in [6.07, 6.45) is 2.61. The molecule has 1 saturated heterocycles. The van der Waals surface area contributed by atoms with Crippen molar-refractivity contribution in [1.82, 2.24) is 0 Å². The molecule has 1 fully saturated rings. The Morgan fingerprint density at radius 3 is 2.48 bits per heavy atom. The highest BCUT2D eigenvalue weighted by Crippen LogP contribution is 2.37. The third kappa shape index (κ3) is 5.08. The molecule has 162 valence electrons. The second-order valence-electron chi connectivity index (χ2n) is 7.01. The molecule has 31 heavy (non-hydrogen) atoms. The van der Waals surface area contributed by atoms with E-state index in [4.69, 9.17) is 14.6 Å². The number of amides is 2. The van der Waals surface area contributed by atoms with Crippen molar-refractivity contribution < 1.29 is 29.0 Å². The number of carbonyl (C=O) groups excluding carboxylic acids is 2. The van der Waals surface area contributed by atoms with E-state index in [2.05, 4.69) is 13.8 Å². The lowest BCUT2D eigenvalue weighted by Crippen LogP contribution is -2.27. The molecule has 1 atom stereocenters. The van der Waals surface area contributed by atoms with Gasteiger partial charge in [-0.2, -0.15) is 0 Å². The fraction of sp³-hybridized carbons (Fsp3) is 0.261. The fourth-order valence-corrected chi connectivity index (χ4v) is 3.90. The molecule has 0 radical (unpaired) electrons. The first-order valence-corrected chi connectivity index (χ1v) is 10.6. The number of aliphatic carboxylic acids is 1. The van der Waals surface area contributed by atoms with E-state index < -0.39 is 18.5 Å². The van der Waals surface area contributed by atoms with E-state index in [0.717, 1.165) is 23.7 Å². The number of hydrogen-bond donors (Lipinski definition) is 1. The van der Waals surface area contributed by atoms with Crippen molar-refractivity contribution in [3.63, 3.8) is 0 Å². The van der Waals surface area contributed by atoms with Crippen molar-refractivity contribution in [3.8, 4) is 11.5 Å². The Kier molecular flexibility index (Phi) is 7.02. The molecule has 1 aliphatic heterocycles. The van der Waals surface area contributed by atoms with Gasteiger partial charge in [0, 0.05) is 0 Å². The number of carboxylic acids is 1. The lowest BCUT2D eigenvalue weighted by molar-refractivity contribution is -0.139. The van der Waals surface area contributed by atoms with Gasteiger partial charge in [-0.05, 0) is 65.6 Å². The van der Waals surface area contributed by atoms with Gasteiger partial charge >= 0.3 is 5.97 Å². The first kappa shape index (κ1) is 22.4. The number of anilines is 1. The Bertz CT molecular complexity index is 1030. The van der Waals surface area contributed by atoms with Gasteiger partial charge in [-0.3, -0.25) is 9.59 Å². The number of methoxy groups -OCH3 is 1. The molecule has 0 saturated carbocycles. The molecule has 0 aromatic heterocycles. The average molecular weight is 442 g/mol. The van der Waals surface area contributed by atoms with Gasteiger partial charge in [0.25, 0.3) is 11.1 Å². The Labute approximate surface area is 184 Å². The van der Waals surface area contributed by atoms with Crippen molar-refractivity contribution in [1.29, 1.82) is 0 Å². The van der Waals surface area contributed by atoms with E-state index in [1.807, 2.05) is 12.1 Å². The number of rotatable bonds is 8. The summed E-state index contributed by atoms with van der Waals surface area (Å²) in [4.78, 5) is 37.6. The Hall–Kier alpha value is -3.26. The summed E-state index contributed by atoms with van der Waals surface area (Å²) in [6.45, 7) is 3.74. The van der Waals surface area contributed by atoms with E-state index >= 15 is 0 Å². The third-order valence-electron chi connectivity index (χ3n) is 4.96. The third-order valence-corrected chi connectivity index (χ3v) is 5.83. The van der Waals surface area contributed by atoms with Crippen LogP contribution in [-0.4, -0.2) is 35.9 Å². The second kappa shape index (κ2) is 9.70. The molecular weight excluding hydrogens is 418 g/mol. The van der Waals surface area contributed by atoms with Crippen molar-refractivity contribution in [3.05, 3.63) is 58.5 Å².